The Hall–Kier alpha value is -0.810. The fourth-order valence-corrected chi connectivity index (χ4v) is 1.67. The SMILES string of the molecule is CCC(=O)NCCOCCOCCOCCOCCOCCOCCN. The molecule has 9 heteroatoms. The first-order valence-corrected chi connectivity index (χ1v) is 9.24. The zero-order valence-corrected chi connectivity index (χ0v) is 16.0. The van der Waals surface area contributed by atoms with E-state index in [9.17, 15) is 4.79 Å². The maximum absolute atomic E-state index is 11.0. The van der Waals surface area contributed by atoms with Gasteiger partial charge in [-0.05, 0) is 0 Å². The van der Waals surface area contributed by atoms with Gasteiger partial charge in [0, 0.05) is 19.5 Å². The highest BCUT2D eigenvalue weighted by molar-refractivity contribution is 5.75. The molecule has 0 aliphatic carbocycles. The minimum absolute atomic E-state index is 0.0337. The molecule has 0 atom stereocenters. The normalized spacial score (nSPS) is 11.0. The van der Waals surface area contributed by atoms with Crippen molar-refractivity contribution >= 4 is 5.91 Å². The second kappa shape index (κ2) is 22.2. The van der Waals surface area contributed by atoms with Gasteiger partial charge in [-0.25, -0.2) is 0 Å². The Morgan fingerprint density at radius 3 is 1.35 bits per heavy atom. The monoisotopic (exact) mass is 380 g/mol. The van der Waals surface area contributed by atoms with Gasteiger partial charge in [0.05, 0.1) is 79.3 Å². The number of nitrogens with two attached hydrogens (primary N) is 1. The lowest BCUT2D eigenvalue weighted by atomic mass is 10.4. The fraction of sp³-hybridized carbons (Fsp3) is 0.941. The van der Waals surface area contributed by atoms with Crippen molar-refractivity contribution < 1.29 is 33.2 Å². The van der Waals surface area contributed by atoms with E-state index < -0.39 is 0 Å². The minimum Gasteiger partial charge on any atom is -0.378 e. The Bertz CT molecular complexity index is 296. The van der Waals surface area contributed by atoms with Crippen LogP contribution in [0.2, 0.25) is 0 Å². The van der Waals surface area contributed by atoms with Crippen LogP contribution in [0.1, 0.15) is 13.3 Å². The van der Waals surface area contributed by atoms with Crippen LogP contribution in [-0.4, -0.2) is 98.3 Å². The van der Waals surface area contributed by atoms with Crippen molar-refractivity contribution in [3.63, 3.8) is 0 Å². The van der Waals surface area contributed by atoms with Crippen molar-refractivity contribution in [3.05, 3.63) is 0 Å². The Kier molecular flexibility index (Phi) is 21.5. The van der Waals surface area contributed by atoms with Crippen molar-refractivity contribution in [3.8, 4) is 0 Å². The number of carbonyl (C=O) groups excluding carboxylic acids is 1. The molecule has 0 aromatic heterocycles. The topological polar surface area (TPSA) is 111 Å². The molecular weight excluding hydrogens is 344 g/mol. The lowest BCUT2D eigenvalue weighted by Crippen LogP contribution is -2.26. The van der Waals surface area contributed by atoms with Gasteiger partial charge < -0.3 is 39.5 Å². The van der Waals surface area contributed by atoms with Crippen LogP contribution in [0.3, 0.4) is 0 Å². The summed E-state index contributed by atoms with van der Waals surface area (Å²) in [6.07, 6.45) is 0.493. The van der Waals surface area contributed by atoms with E-state index in [1.165, 1.54) is 0 Å². The van der Waals surface area contributed by atoms with Gasteiger partial charge in [0.15, 0.2) is 0 Å². The Labute approximate surface area is 156 Å². The molecule has 9 nitrogen and oxygen atoms in total. The fourth-order valence-electron chi connectivity index (χ4n) is 1.67. The third kappa shape index (κ3) is 21.2. The van der Waals surface area contributed by atoms with Gasteiger partial charge in [0.25, 0.3) is 0 Å². The van der Waals surface area contributed by atoms with E-state index in [4.69, 9.17) is 34.2 Å². The highest BCUT2D eigenvalue weighted by Gasteiger charge is 1.96. The number of hydrogen-bond donors (Lipinski definition) is 2. The highest BCUT2D eigenvalue weighted by atomic mass is 16.6. The van der Waals surface area contributed by atoms with Gasteiger partial charge >= 0.3 is 0 Å². The molecule has 0 aromatic carbocycles. The Balaban J connectivity index is 3.00. The number of hydrogen-bond acceptors (Lipinski definition) is 8. The molecule has 0 aliphatic rings. The molecule has 0 spiro atoms. The van der Waals surface area contributed by atoms with Crippen molar-refractivity contribution in [1.29, 1.82) is 0 Å². The molecule has 0 heterocycles. The summed E-state index contributed by atoms with van der Waals surface area (Å²) in [6, 6.07) is 0. The van der Waals surface area contributed by atoms with Gasteiger partial charge in [-0.3, -0.25) is 4.79 Å². The lowest BCUT2D eigenvalue weighted by molar-refractivity contribution is -0.121. The van der Waals surface area contributed by atoms with E-state index in [1.807, 2.05) is 6.92 Å². The summed E-state index contributed by atoms with van der Waals surface area (Å²) >= 11 is 0. The molecule has 0 rings (SSSR count). The molecule has 0 aliphatic heterocycles. The van der Waals surface area contributed by atoms with E-state index in [2.05, 4.69) is 5.32 Å². The van der Waals surface area contributed by atoms with Crippen LogP contribution in [0.4, 0.5) is 0 Å². The van der Waals surface area contributed by atoms with Gasteiger partial charge in [-0.15, -0.1) is 0 Å². The zero-order chi connectivity index (χ0) is 19.1. The number of amides is 1. The predicted molar refractivity (Wildman–Crippen MR) is 97.3 cm³/mol. The van der Waals surface area contributed by atoms with Gasteiger partial charge in [-0.1, -0.05) is 6.92 Å². The summed E-state index contributed by atoms with van der Waals surface area (Å²) in [5.41, 5.74) is 5.29. The smallest absolute Gasteiger partial charge is 0.219 e. The van der Waals surface area contributed by atoms with E-state index in [-0.39, 0.29) is 5.91 Å². The first-order chi connectivity index (χ1) is 12.8. The van der Waals surface area contributed by atoms with Crippen molar-refractivity contribution in [2.45, 2.75) is 13.3 Å². The number of rotatable bonds is 21. The van der Waals surface area contributed by atoms with E-state index in [1.54, 1.807) is 0 Å². The minimum atomic E-state index is 0.0337. The van der Waals surface area contributed by atoms with Crippen LogP contribution in [0.25, 0.3) is 0 Å². The van der Waals surface area contributed by atoms with Crippen LogP contribution in [0.5, 0.6) is 0 Å². The van der Waals surface area contributed by atoms with E-state index in [0.717, 1.165) is 0 Å². The van der Waals surface area contributed by atoms with Crippen molar-refractivity contribution in [2.24, 2.45) is 5.73 Å². The molecule has 0 aromatic rings. The van der Waals surface area contributed by atoms with Crippen LogP contribution in [-0.2, 0) is 33.2 Å². The summed E-state index contributed by atoms with van der Waals surface area (Å²) < 4.78 is 31.9. The highest BCUT2D eigenvalue weighted by Crippen LogP contribution is 1.84. The third-order valence-electron chi connectivity index (χ3n) is 3.01. The van der Waals surface area contributed by atoms with Gasteiger partial charge in [-0.2, -0.15) is 0 Å². The molecule has 0 unspecified atom stereocenters. The first-order valence-electron chi connectivity index (χ1n) is 9.24. The van der Waals surface area contributed by atoms with Crippen molar-refractivity contribution in [2.75, 3.05) is 92.4 Å². The molecule has 0 saturated heterocycles. The average molecular weight is 380 g/mol. The maximum Gasteiger partial charge on any atom is 0.219 e. The summed E-state index contributed by atoms with van der Waals surface area (Å²) in [5, 5.41) is 2.74. The molecule has 3 N–H and O–H groups in total. The molecule has 0 radical (unpaired) electrons. The molecular formula is C17H36N2O7. The largest absolute Gasteiger partial charge is 0.378 e. The maximum atomic E-state index is 11.0. The number of ether oxygens (including phenoxy) is 6. The zero-order valence-electron chi connectivity index (χ0n) is 16.0. The van der Waals surface area contributed by atoms with E-state index in [0.29, 0.717) is 98.8 Å². The van der Waals surface area contributed by atoms with Crippen molar-refractivity contribution in [1.82, 2.24) is 5.32 Å². The molecule has 0 bridgehead atoms. The van der Waals surface area contributed by atoms with E-state index >= 15 is 0 Å². The molecule has 0 fully saturated rings. The summed E-state index contributed by atoms with van der Waals surface area (Å²) in [7, 11) is 0. The third-order valence-corrected chi connectivity index (χ3v) is 3.01. The van der Waals surface area contributed by atoms with Crippen LogP contribution in [0, 0.1) is 0 Å². The summed E-state index contributed by atoms with van der Waals surface area (Å²) in [6.45, 7) is 9.21. The summed E-state index contributed by atoms with van der Waals surface area (Å²) in [4.78, 5) is 11.0. The lowest BCUT2D eigenvalue weighted by Gasteiger charge is -2.08. The second-order valence-electron chi connectivity index (χ2n) is 5.17. The average Bonchev–Trinajstić information content (AvgIpc) is 2.66. The summed E-state index contributed by atoms with van der Waals surface area (Å²) in [5.74, 6) is 0.0337. The van der Waals surface area contributed by atoms with Crippen LogP contribution < -0.4 is 11.1 Å². The standard InChI is InChI=1S/C17H36N2O7/c1-2-17(20)19-4-6-22-8-10-24-12-14-26-16-15-25-13-11-23-9-7-21-5-3-18/h2-16,18H2,1H3,(H,19,20). The predicted octanol–water partition coefficient (Wildman–Crippen LogP) is -0.429. The number of carbonyl (C=O) groups is 1. The van der Waals surface area contributed by atoms with Crippen LogP contribution in [0.15, 0.2) is 0 Å². The first kappa shape index (κ1) is 25.2. The molecule has 0 saturated carbocycles. The van der Waals surface area contributed by atoms with Gasteiger partial charge in [0.1, 0.15) is 0 Å². The molecule has 1 amide bonds. The molecule has 156 valence electrons. The van der Waals surface area contributed by atoms with Gasteiger partial charge in [0.2, 0.25) is 5.91 Å². The Morgan fingerprint density at radius 2 is 1.00 bits per heavy atom. The second-order valence-corrected chi connectivity index (χ2v) is 5.17. The number of nitrogens with one attached hydrogen (secondary N) is 1. The van der Waals surface area contributed by atoms with Crippen LogP contribution >= 0.6 is 0 Å². The Morgan fingerprint density at radius 1 is 0.654 bits per heavy atom. The molecule has 26 heavy (non-hydrogen) atoms. The quantitative estimate of drug-likeness (QED) is 0.258.